The molecule has 0 fully saturated rings. The van der Waals surface area contributed by atoms with E-state index in [-0.39, 0.29) is 5.69 Å². The lowest BCUT2D eigenvalue weighted by Gasteiger charge is -2.03. The highest BCUT2D eigenvalue weighted by atomic mass is 19.1. The highest BCUT2D eigenvalue weighted by Crippen LogP contribution is 2.14. The van der Waals surface area contributed by atoms with Crippen LogP contribution in [0.15, 0.2) is 24.3 Å². The van der Waals surface area contributed by atoms with Crippen LogP contribution in [-0.4, -0.2) is 15.0 Å². The average Bonchev–Trinajstić information content (AvgIpc) is 2.60. The van der Waals surface area contributed by atoms with Crippen molar-refractivity contribution in [1.82, 2.24) is 15.0 Å². The van der Waals surface area contributed by atoms with Gasteiger partial charge in [-0.15, -0.1) is 5.10 Å². The quantitative estimate of drug-likeness (QED) is 0.705. The molecule has 1 aromatic heterocycles. The van der Waals surface area contributed by atoms with E-state index >= 15 is 0 Å². The third-order valence-corrected chi connectivity index (χ3v) is 2.08. The molecule has 0 amide bonds. The Bertz CT molecular complexity index is 539. The zero-order valence-electron chi connectivity index (χ0n) is 7.98. The number of rotatable bonds is 1. The Morgan fingerprint density at radius 2 is 2.13 bits per heavy atom. The van der Waals surface area contributed by atoms with Gasteiger partial charge in [-0.05, 0) is 19.1 Å². The molecule has 0 spiro atoms. The summed E-state index contributed by atoms with van der Waals surface area (Å²) in [6.45, 7) is 1.67. The predicted molar refractivity (Wildman–Crippen MR) is 50.8 cm³/mol. The first kappa shape index (κ1) is 9.34. The largest absolute Gasteiger partial charge is 0.213 e. The van der Waals surface area contributed by atoms with E-state index in [1.165, 1.54) is 10.7 Å². The summed E-state index contributed by atoms with van der Waals surface area (Å²) in [5.41, 5.74) is 1.03. The van der Waals surface area contributed by atoms with Gasteiger partial charge < -0.3 is 0 Å². The molecule has 15 heavy (non-hydrogen) atoms. The number of nitriles is 1. The molecule has 0 aliphatic carbocycles. The fourth-order valence-electron chi connectivity index (χ4n) is 1.28. The van der Waals surface area contributed by atoms with Crippen molar-refractivity contribution in [3.8, 4) is 11.8 Å². The van der Waals surface area contributed by atoms with Crippen molar-refractivity contribution < 1.29 is 4.39 Å². The summed E-state index contributed by atoms with van der Waals surface area (Å²) in [5.74, 6) is -0.394. The number of para-hydroxylation sites is 1. The van der Waals surface area contributed by atoms with E-state index in [1.54, 1.807) is 25.1 Å². The van der Waals surface area contributed by atoms with Crippen LogP contribution in [0.4, 0.5) is 4.39 Å². The number of benzene rings is 1. The molecule has 4 nitrogen and oxygen atoms in total. The van der Waals surface area contributed by atoms with Crippen molar-refractivity contribution in [1.29, 1.82) is 5.26 Å². The van der Waals surface area contributed by atoms with Crippen LogP contribution in [-0.2, 0) is 0 Å². The third kappa shape index (κ3) is 1.46. The van der Waals surface area contributed by atoms with Crippen molar-refractivity contribution in [2.45, 2.75) is 6.92 Å². The maximum absolute atomic E-state index is 13.4. The molecule has 0 aliphatic rings. The lowest BCUT2D eigenvalue weighted by Crippen LogP contribution is -2.01. The van der Waals surface area contributed by atoms with E-state index in [2.05, 4.69) is 10.3 Å². The minimum atomic E-state index is -0.394. The molecule has 0 atom stereocenters. The molecule has 0 saturated heterocycles. The fraction of sp³-hybridized carbons (Fsp3) is 0.100. The smallest absolute Gasteiger partial charge is 0.186 e. The molecule has 0 aliphatic heterocycles. The number of halogens is 1. The molecule has 0 radical (unpaired) electrons. The van der Waals surface area contributed by atoms with Gasteiger partial charge in [-0.25, -0.2) is 9.07 Å². The summed E-state index contributed by atoms with van der Waals surface area (Å²) in [5, 5.41) is 16.0. The molecule has 2 aromatic rings. The molecule has 0 unspecified atom stereocenters. The van der Waals surface area contributed by atoms with Gasteiger partial charge in [-0.1, -0.05) is 17.3 Å². The minimum Gasteiger partial charge on any atom is -0.213 e. The average molecular weight is 202 g/mol. The molecule has 1 heterocycles. The normalized spacial score (nSPS) is 9.93. The SMILES string of the molecule is Cc1c(C#N)nnn1-c1ccccc1F. The van der Waals surface area contributed by atoms with Crippen LogP contribution in [0.25, 0.3) is 5.69 Å². The lowest BCUT2D eigenvalue weighted by molar-refractivity contribution is 0.604. The first-order valence-electron chi connectivity index (χ1n) is 4.31. The standard InChI is InChI=1S/C10H7FN4/c1-7-9(6-12)13-14-15(7)10-5-3-2-4-8(10)11/h2-5H,1H3. The Hall–Kier alpha value is -2.22. The molecule has 0 N–H and O–H groups in total. The van der Waals surface area contributed by atoms with Crippen molar-refractivity contribution in [3.63, 3.8) is 0 Å². The second kappa shape index (κ2) is 3.50. The first-order valence-corrected chi connectivity index (χ1v) is 4.31. The van der Waals surface area contributed by atoms with E-state index < -0.39 is 5.82 Å². The van der Waals surface area contributed by atoms with Gasteiger partial charge in [0.15, 0.2) is 5.69 Å². The summed E-state index contributed by atoms with van der Waals surface area (Å²) < 4.78 is 14.7. The Kier molecular flexibility index (Phi) is 2.18. The van der Waals surface area contributed by atoms with Gasteiger partial charge in [0.05, 0.1) is 5.69 Å². The zero-order chi connectivity index (χ0) is 10.8. The highest BCUT2D eigenvalue weighted by molar-refractivity contribution is 5.36. The van der Waals surface area contributed by atoms with Gasteiger partial charge in [-0.2, -0.15) is 5.26 Å². The Morgan fingerprint density at radius 1 is 1.40 bits per heavy atom. The van der Waals surface area contributed by atoms with E-state index in [9.17, 15) is 4.39 Å². The molecule has 1 aromatic carbocycles. The second-order valence-corrected chi connectivity index (χ2v) is 3.00. The van der Waals surface area contributed by atoms with Crippen molar-refractivity contribution >= 4 is 0 Å². The predicted octanol–water partition coefficient (Wildman–Crippen LogP) is 1.59. The van der Waals surface area contributed by atoms with E-state index in [4.69, 9.17) is 5.26 Å². The molecule has 2 rings (SSSR count). The minimum absolute atomic E-state index is 0.207. The Balaban J connectivity index is 2.61. The second-order valence-electron chi connectivity index (χ2n) is 3.00. The maximum Gasteiger partial charge on any atom is 0.186 e. The molecule has 74 valence electrons. The van der Waals surface area contributed by atoms with E-state index in [0.717, 1.165) is 0 Å². The topological polar surface area (TPSA) is 54.5 Å². The van der Waals surface area contributed by atoms with Gasteiger partial charge in [0.2, 0.25) is 0 Å². The van der Waals surface area contributed by atoms with Crippen LogP contribution < -0.4 is 0 Å². The maximum atomic E-state index is 13.4. The molecule has 0 saturated carbocycles. The van der Waals surface area contributed by atoms with Gasteiger partial charge in [0.1, 0.15) is 17.6 Å². The summed E-state index contributed by atoms with van der Waals surface area (Å²) >= 11 is 0. The monoisotopic (exact) mass is 202 g/mol. The number of aromatic nitrogens is 3. The van der Waals surface area contributed by atoms with Gasteiger partial charge >= 0.3 is 0 Å². The number of hydrogen-bond donors (Lipinski definition) is 0. The van der Waals surface area contributed by atoms with Crippen LogP contribution in [0.5, 0.6) is 0 Å². The van der Waals surface area contributed by atoms with Crippen LogP contribution >= 0.6 is 0 Å². The third-order valence-electron chi connectivity index (χ3n) is 2.08. The molecular formula is C10H7FN4. The molecule has 0 bridgehead atoms. The van der Waals surface area contributed by atoms with Crippen molar-refractivity contribution in [2.24, 2.45) is 0 Å². The summed E-state index contributed by atoms with van der Waals surface area (Å²) in [7, 11) is 0. The summed E-state index contributed by atoms with van der Waals surface area (Å²) in [6.07, 6.45) is 0. The Labute approximate surface area is 85.6 Å². The van der Waals surface area contributed by atoms with Gasteiger partial charge in [0.25, 0.3) is 0 Å². The highest BCUT2D eigenvalue weighted by Gasteiger charge is 2.11. The van der Waals surface area contributed by atoms with Crippen molar-refractivity contribution in [2.75, 3.05) is 0 Å². The van der Waals surface area contributed by atoms with Gasteiger partial charge in [-0.3, -0.25) is 0 Å². The van der Waals surface area contributed by atoms with Crippen LogP contribution in [0.3, 0.4) is 0 Å². The summed E-state index contributed by atoms with van der Waals surface area (Å²) in [6, 6.07) is 8.10. The number of nitrogens with zero attached hydrogens (tertiary/aromatic N) is 4. The zero-order valence-corrected chi connectivity index (χ0v) is 7.98. The van der Waals surface area contributed by atoms with E-state index in [1.807, 2.05) is 6.07 Å². The van der Waals surface area contributed by atoms with Gasteiger partial charge in [0, 0.05) is 0 Å². The van der Waals surface area contributed by atoms with Crippen LogP contribution in [0, 0.1) is 24.1 Å². The van der Waals surface area contributed by atoms with Crippen LogP contribution in [0.1, 0.15) is 11.4 Å². The molecular weight excluding hydrogens is 195 g/mol. The molecule has 5 heteroatoms. The summed E-state index contributed by atoms with van der Waals surface area (Å²) in [4.78, 5) is 0. The lowest BCUT2D eigenvalue weighted by atomic mass is 10.3. The Morgan fingerprint density at radius 3 is 2.73 bits per heavy atom. The number of hydrogen-bond acceptors (Lipinski definition) is 3. The van der Waals surface area contributed by atoms with Crippen molar-refractivity contribution in [3.05, 3.63) is 41.5 Å². The van der Waals surface area contributed by atoms with Crippen LogP contribution in [0.2, 0.25) is 0 Å². The van der Waals surface area contributed by atoms with E-state index in [0.29, 0.717) is 11.4 Å². The fourth-order valence-corrected chi connectivity index (χ4v) is 1.28. The first-order chi connectivity index (χ1) is 7.24.